The Bertz CT molecular complexity index is 422. The van der Waals surface area contributed by atoms with Gasteiger partial charge in [-0.2, -0.15) is 0 Å². The third kappa shape index (κ3) is 1.29. The Hall–Kier alpha value is -1.42. The molecule has 0 radical (unpaired) electrons. The summed E-state index contributed by atoms with van der Waals surface area (Å²) in [6.07, 6.45) is 5.90. The number of nitrogens with zero attached hydrogens (tertiary/aromatic N) is 3. The smallest absolute Gasteiger partial charge is 0.107 e. The molecule has 1 N–H and O–H groups in total. The summed E-state index contributed by atoms with van der Waals surface area (Å²) < 4.78 is 1.95. The van der Waals surface area contributed by atoms with Gasteiger partial charge in [-0.1, -0.05) is 0 Å². The number of aliphatic hydroxyl groups excluding tert-OH is 1. The number of aromatic nitrogens is 3. The highest BCUT2D eigenvalue weighted by Crippen LogP contribution is 2.15. The van der Waals surface area contributed by atoms with Crippen molar-refractivity contribution >= 4 is 11.0 Å². The molecule has 0 amide bonds. The normalized spacial score (nSPS) is 10.9. The van der Waals surface area contributed by atoms with Crippen LogP contribution in [0.3, 0.4) is 0 Å². The molecule has 4 heteroatoms. The minimum atomic E-state index is 0.145. The Balaban J connectivity index is 2.65. The zero-order valence-electron chi connectivity index (χ0n) is 7.44. The Morgan fingerprint density at radius 3 is 3.08 bits per heavy atom. The Kier molecular flexibility index (Phi) is 1.98. The number of fused-ring (bicyclic) bond motifs is 1. The molecule has 0 fully saturated rings. The van der Waals surface area contributed by atoms with Gasteiger partial charge in [-0.05, 0) is 12.0 Å². The lowest BCUT2D eigenvalue weighted by Gasteiger charge is -2.01. The molecule has 0 aliphatic heterocycles. The second kappa shape index (κ2) is 3.14. The molecular formula is C9H11N3O. The first-order valence-electron chi connectivity index (χ1n) is 4.17. The maximum atomic E-state index is 8.85. The molecule has 0 atom stereocenters. The molecule has 0 aliphatic carbocycles. The number of hydrogen-bond donors (Lipinski definition) is 1. The maximum absolute atomic E-state index is 8.85. The number of rotatable bonds is 2. The summed E-state index contributed by atoms with van der Waals surface area (Å²) in [5, 5.41) is 8.85. The van der Waals surface area contributed by atoms with Crippen molar-refractivity contribution < 1.29 is 5.11 Å². The minimum absolute atomic E-state index is 0.145. The summed E-state index contributed by atoms with van der Waals surface area (Å²) in [5.41, 5.74) is 2.98. The van der Waals surface area contributed by atoms with E-state index in [0.29, 0.717) is 6.42 Å². The number of imidazole rings is 1. The Morgan fingerprint density at radius 1 is 1.46 bits per heavy atom. The summed E-state index contributed by atoms with van der Waals surface area (Å²) in [6.45, 7) is 0.145. The Morgan fingerprint density at radius 2 is 2.31 bits per heavy atom. The van der Waals surface area contributed by atoms with Crippen molar-refractivity contribution in [1.82, 2.24) is 14.5 Å². The van der Waals surface area contributed by atoms with Crippen LogP contribution in [-0.2, 0) is 13.5 Å². The van der Waals surface area contributed by atoms with Gasteiger partial charge in [-0.3, -0.25) is 4.98 Å². The molecule has 13 heavy (non-hydrogen) atoms. The van der Waals surface area contributed by atoms with E-state index in [1.165, 1.54) is 0 Å². The quantitative estimate of drug-likeness (QED) is 0.726. The summed E-state index contributed by atoms with van der Waals surface area (Å²) in [6, 6.07) is 0. The van der Waals surface area contributed by atoms with Crippen molar-refractivity contribution in [2.45, 2.75) is 6.42 Å². The first-order chi connectivity index (χ1) is 6.33. The van der Waals surface area contributed by atoms with E-state index in [9.17, 15) is 0 Å². The third-order valence-electron chi connectivity index (χ3n) is 2.08. The SMILES string of the molecule is Cn1cnc2cncc(CCO)c21. The molecule has 2 aromatic heterocycles. The maximum Gasteiger partial charge on any atom is 0.107 e. The molecule has 0 unspecified atom stereocenters. The van der Waals surface area contributed by atoms with E-state index in [1.807, 2.05) is 11.6 Å². The second-order valence-electron chi connectivity index (χ2n) is 3.00. The van der Waals surface area contributed by atoms with Crippen LogP contribution >= 0.6 is 0 Å². The molecule has 2 heterocycles. The summed E-state index contributed by atoms with van der Waals surface area (Å²) in [7, 11) is 1.94. The highest BCUT2D eigenvalue weighted by molar-refractivity contribution is 5.77. The second-order valence-corrected chi connectivity index (χ2v) is 3.00. The van der Waals surface area contributed by atoms with Gasteiger partial charge in [0.1, 0.15) is 5.52 Å². The van der Waals surface area contributed by atoms with Gasteiger partial charge in [0.05, 0.1) is 18.0 Å². The fraction of sp³-hybridized carbons (Fsp3) is 0.333. The molecule has 68 valence electrons. The zero-order chi connectivity index (χ0) is 9.26. The van der Waals surface area contributed by atoms with Gasteiger partial charge in [0.15, 0.2) is 0 Å². The predicted octanol–water partition coefficient (Wildman–Crippen LogP) is 0.503. The van der Waals surface area contributed by atoms with Gasteiger partial charge < -0.3 is 9.67 Å². The topological polar surface area (TPSA) is 50.9 Å². The van der Waals surface area contributed by atoms with E-state index in [1.54, 1.807) is 18.7 Å². The highest BCUT2D eigenvalue weighted by Gasteiger charge is 2.04. The van der Waals surface area contributed by atoms with E-state index in [-0.39, 0.29) is 6.61 Å². The van der Waals surface area contributed by atoms with Crippen molar-refractivity contribution in [3.63, 3.8) is 0 Å². The van der Waals surface area contributed by atoms with Crippen LogP contribution in [0.25, 0.3) is 11.0 Å². The average Bonchev–Trinajstić information content (AvgIpc) is 2.50. The Labute approximate surface area is 75.9 Å². The first kappa shape index (κ1) is 8.19. The fourth-order valence-electron chi connectivity index (χ4n) is 1.50. The molecule has 0 spiro atoms. The molecule has 0 saturated heterocycles. The van der Waals surface area contributed by atoms with Crippen LogP contribution in [0.15, 0.2) is 18.7 Å². The van der Waals surface area contributed by atoms with Crippen molar-refractivity contribution in [3.8, 4) is 0 Å². The fourth-order valence-corrected chi connectivity index (χ4v) is 1.50. The van der Waals surface area contributed by atoms with E-state index < -0.39 is 0 Å². The van der Waals surface area contributed by atoms with Crippen LogP contribution in [0.2, 0.25) is 0 Å². The lowest BCUT2D eigenvalue weighted by molar-refractivity contribution is 0.300. The van der Waals surface area contributed by atoms with Crippen LogP contribution in [-0.4, -0.2) is 26.2 Å². The summed E-state index contributed by atoms with van der Waals surface area (Å²) >= 11 is 0. The summed E-state index contributed by atoms with van der Waals surface area (Å²) in [4.78, 5) is 8.24. The van der Waals surface area contributed by atoms with Gasteiger partial charge in [-0.25, -0.2) is 4.98 Å². The van der Waals surface area contributed by atoms with Crippen LogP contribution in [0, 0.1) is 0 Å². The van der Waals surface area contributed by atoms with Crippen molar-refractivity contribution in [2.24, 2.45) is 7.05 Å². The van der Waals surface area contributed by atoms with E-state index >= 15 is 0 Å². The number of aryl methyl sites for hydroxylation is 1. The van der Waals surface area contributed by atoms with E-state index in [2.05, 4.69) is 9.97 Å². The van der Waals surface area contributed by atoms with E-state index in [0.717, 1.165) is 16.6 Å². The lowest BCUT2D eigenvalue weighted by Crippen LogP contribution is -1.96. The van der Waals surface area contributed by atoms with Crippen molar-refractivity contribution in [2.75, 3.05) is 6.61 Å². The molecule has 2 aromatic rings. The predicted molar refractivity (Wildman–Crippen MR) is 49.3 cm³/mol. The monoisotopic (exact) mass is 177 g/mol. The molecule has 0 bridgehead atoms. The molecule has 0 aliphatic rings. The van der Waals surface area contributed by atoms with Gasteiger partial charge in [0.2, 0.25) is 0 Å². The lowest BCUT2D eigenvalue weighted by atomic mass is 10.2. The molecule has 4 nitrogen and oxygen atoms in total. The minimum Gasteiger partial charge on any atom is -0.396 e. The van der Waals surface area contributed by atoms with Crippen LogP contribution in [0.4, 0.5) is 0 Å². The average molecular weight is 177 g/mol. The van der Waals surface area contributed by atoms with E-state index in [4.69, 9.17) is 5.11 Å². The van der Waals surface area contributed by atoms with Gasteiger partial charge >= 0.3 is 0 Å². The molecular weight excluding hydrogens is 166 g/mol. The highest BCUT2D eigenvalue weighted by atomic mass is 16.2. The molecule has 2 rings (SSSR count). The van der Waals surface area contributed by atoms with Crippen LogP contribution in [0.1, 0.15) is 5.56 Å². The van der Waals surface area contributed by atoms with Gasteiger partial charge in [-0.15, -0.1) is 0 Å². The van der Waals surface area contributed by atoms with Gasteiger partial charge in [0, 0.05) is 19.9 Å². The van der Waals surface area contributed by atoms with Gasteiger partial charge in [0.25, 0.3) is 0 Å². The first-order valence-corrected chi connectivity index (χ1v) is 4.17. The van der Waals surface area contributed by atoms with Crippen LogP contribution < -0.4 is 0 Å². The molecule has 0 aromatic carbocycles. The summed E-state index contributed by atoms with van der Waals surface area (Å²) in [5.74, 6) is 0. The largest absolute Gasteiger partial charge is 0.396 e. The van der Waals surface area contributed by atoms with Crippen LogP contribution in [0.5, 0.6) is 0 Å². The number of hydrogen-bond acceptors (Lipinski definition) is 3. The van der Waals surface area contributed by atoms with Crippen molar-refractivity contribution in [1.29, 1.82) is 0 Å². The number of pyridine rings is 1. The standard InChI is InChI=1S/C9H11N3O/c1-12-6-11-8-5-10-4-7(2-3-13)9(8)12/h4-6,13H,2-3H2,1H3. The van der Waals surface area contributed by atoms with Crippen molar-refractivity contribution in [3.05, 3.63) is 24.3 Å². The third-order valence-corrected chi connectivity index (χ3v) is 2.08. The molecule has 0 saturated carbocycles. The number of aliphatic hydroxyl groups is 1. The zero-order valence-corrected chi connectivity index (χ0v) is 7.44.